The summed E-state index contributed by atoms with van der Waals surface area (Å²) in [4.78, 5) is 40.2. The molecule has 0 aromatic heterocycles. The first-order chi connectivity index (χ1) is 11.8. The van der Waals surface area contributed by atoms with Crippen LogP contribution < -0.4 is 10.6 Å². The summed E-state index contributed by atoms with van der Waals surface area (Å²) in [6, 6.07) is 4.76. The summed E-state index contributed by atoms with van der Waals surface area (Å²) in [5, 5.41) is 5.80. The van der Waals surface area contributed by atoms with Gasteiger partial charge in [0.1, 0.15) is 17.9 Å². The Labute approximate surface area is 145 Å². The molecule has 0 spiro atoms. The number of hydrogen-bond donors (Lipinski definition) is 2. The summed E-state index contributed by atoms with van der Waals surface area (Å²) in [5.41, 5.74) is -0.835. The molecule has 25 heavy (non-hydrogen) atoms. The molecular formula is C17H21FN4O3. The second-order valence-electron chi connectivity index (χ2n) is 6.59. The molecule has 0 aliphatic carbocycles. The van der Waals surface area contributed by atoms with E-state index < -0.39 is 23.3 Å². The molecule has 2 N–H and O–H groups in total. The van der Waals surface area contributed by atoms with E-state index in [1.165, 1.54) is 24.3 Å². The molecule has 2 atom stereocenters. The van der Waals surface area contributed by atoms with Crippen molar-refractivity contribution in [1.29, 1.82) is 0 Å². The number of amides is 4. The molecule has 1 aromatic carbocycles. The lowest BCUT2D eigenvalue weighted by Crippen LogP contribution is -2.55. The fourth-order valence-corrected chi connectivity index (χ4v) is 3.26. The van der Waals surface area contributed by atoms with E-state index in [2.05, 4.69) is 10.6 Å². The van der Waals surface area contributed by atoms with Crippen molar-refractivity contribution in [3.05, 3.63) is 35.6 Å². The predicted octanol–water partition coefficient (Wildman–Crippen LogP) is 0.413. The SMILES string of the molecule is CC1CNCCN1C(=O)CN1C(=O)NC(C)(c2ccc(F)cc2)C1=O. The van der Waals surface area contributed by atoms with Gasteiger partial charge in [0.05, 0.1) is 0 Å². The van der Waals surface area contributed by atoms with E-state index in [4.69, 9.17) is 0 Å². The van der Waals surface area contributed by atoms with Crippen molar-refractivity contribution in [2.24, 2.45) is 0 Å². The molecule has 2 unspecified atom stereocenters. The molecule has 7 nitrogen and oxygen atoms in total. The normalized spacial score (nSPS) is 26.8. The fraction of sp³-hybridized carbons (Fsp3) is 0.471. The Bertz CT molecular complexity index is 708. The lowest BCUT2D eigenvalue weighted by atomic mass is 9.92. The maximum absolute atomic E-state index is 13.1. The van der Waals surface area contributed by atoms with Gasteiger partial charge in [0.2, 0.25) is 5.91 Å². The Morgan fingerprint density at radius 1 is 1.32 bits per heavy atom. The van der Waals surface area contributed by atoms with Gasteiger partial charge in [-0.2, -0.15) is 0 Å². The summed E-state index contributed by atoms with van der Waals surface area (Å²) in [6.07, 6.45) is 0. The van der Waals surface area contributed by atoms with Crippen molar-refractivity contribution < 1.29 is 18.8 Å². The summed E-state index contributed by atoms with van der Waals surface area (Å²) >= 11 is 0. The summed E-state index contributed by atoms with van der Waals surface area (Å²) < 4.78 is 13.1. The summed E-state index contributed by atoms with van der Waals surface area (Å²) in [5.74, 6) is -1.20. The van der Waals surface area contributed by atoms with Crippen LogP contribution in [0.4, 0.5) is 9.18 Å². The number of rotatable bonds is 3. The van der Waals surface area contributed by atoms with E-state index in [1.54, 1.807) is 11.8 Å². The molecule has 8 heteroatoms. The minimum absolute atomic E-state index is 0.00509. The first kappa shape index (κ1) is 17.3. The van der Waals surface area contributed by atoms with Crippen molar-refractivity contribution in [2.75, 3.05) is 26.2 Å². The van der Waals surface area contributed by atoms with E-state index >= 15 is 0 Å². The third-order valence-corrected chi connectivity index (χ3v) is 4.81. The fourth-order valence-electron chi connectivity index (χ4n) is 3.26. The highest BCUT2D eigenvalue weighted by Crippen LogP contribution is 2.29. The molecule has 0 saturated carbocycles. The Balaban J connectivity index is 1.77. The third kappa shape index (κ3) is 3.09. The lowest BCUT2D eigenvalue weighted by Gasteiger charge is -2.34. The molecule has 1 aromatic rings. The number of carbonyl (C=O) groups is 3. The van der Waals surface area contributed by atoms with Crippen LogP contribution in [-0.4, -0.2) is 59.9 Å². The maximum Gasteiger partial charge on any atom is 0.325 e. The van der Waals surface area contributed by atoms with Gasteiger partial charge in [0.25, 0.3) is 5.91 Å². The number of benzene rings is 1. The van der Waals surface area contributed by atoms with Crippen LogP contribution in [0.15, 0.2) is 24.3 Å². The van der Waals surface area contributed by atoms with Crippen LogP contribution in [0.25, 0.3) is 0 Å². The smallest absolute Gasteiger partial charge is 0.325 e. The van der Waals surface area contributed by atoms with Gasteiger partial charge in [0, 0.05) is 25.7 Å². The molecule has 2 aliphatic heterocycles. The van der Waals surface area contributed by atoms with Gasteiger partial charge >= 0.3 is 6.03 Å². The van der Waals surface area contributed by atoms with Crippen molar-refractivity contribution in [1.82, 2.24) is 20.4 Å². The number of halogens is 1. The quantitative estimate of drug-likeness (QED) is 0.776. The monoisotopic (exact) mass is 348 g/mol. The van der Waals surface area contributed by atoms with Crippen molar-refractivity contribution in [3.8, 4) is 0 Å². The van der Waals surface area contributed by atoms with E-state index in [9.17, 15) is 18.8 Å². The van der Waals surface area contributed by atoms with Crippen LogP contribution in [-0.2, 0) is 15.1 Å². The molecule has 134 valence electrons. The molecule has 0 bridgehead atoms. The second kappa shape index (κ2) is 6.44. The number of piperazine rings is 1. The molecule has 2 fully saturated rings. The zero-order valence-corrected chi connectivity index (χ0v) is 14.2. The van der Waals surface area contributed by atoms with Crippen LogP contribution in [0, 0.1) is 5.82 Å². The van der Waals surface area contributed by atoms with Crippen LogP contribution >= 0.6 is 0 Å². The maximum atomic E-state index is 13.1. The van der Waals surface area contributed by atoms with E-state index in [-0.39, 0.29) is 18.5 Å². The lowest BCUT2D eigenvalue weighted by molar-refractivity contribution is -0.140. The third-order valence-electron chi connectivity index (χ3n) is 4.81. The highest BCUT2D eigenvalue weighted by molar-refractivity contribution is 6.09. The molecule has 2 heterocycles. The Morgan fingerprint density at radius 2 is 2.00 bits per heavy atom. The number of nitrogens with zero attached hydrogens (tertiary/aromatic N) is 2. The molecular weight excluding hydrogens is 327 g/mol. The number of urea groups is 1. The number of nitrogens with one attached hydrogen (secondary N) is 2. The van der Waals surface area contributed by atoms with E-state index in [1.807, 2.05) is 6.92 Å². The molecule has 4 amide bonds. The Hall–Kier alpha value is -2.48. The van der Waals surface area contributed by atoms with E-state index in [0.29, 0.717) is 25.2 Å². The van der Waals surface area contributed by atoms with Gasteiger partial charge in [-0.1, -0.05) is 12.1 Å². The zero-order valence-electron chi connectivity index (χ0n) is 14.2. The van der Waals surface area contributed by atoms with Crippen LogP contribution in [0.3, 0.4) is 0 Å². The summed E-state index contributed by atoms with van der Waals surface area (Å²) in [7, 11) is 0. The molecule has 0 radical (unpaired) electrons. The number of imide groups is 1. The Morgan fingerprint density at radius 3 is 2.64 bits per heavy atom. The van der Waals surface area contributed by atoms with Gasteiger partial charge in [-0.15, -0.1) is 0 Å². The average Bonchev–Trinajstić information content (AvgIpc) is 2.80. The largest absolute Gasteiger partial charge is 0.336 e. The van der Waals surface area contributed by atoms with Gasteiger partial charge in [-0.05, 0) is 31.5 Å². The highest BCUT2D eigenvalue weighted by Gasteiger charge is 2.49. The summed E-state index contributed by atoms with van der Waals surface area (Å²) in [6.45, 7) is 5.07. The first-order valence-corrected chi connectivity index (χ1v) is 8.23. The van der Waals surface area contributed by atoms with Crippen LogP contribution in [0.5, 0.6) is 0 Å². The van der Waals surface area contributed by atoms with Gasteiger partial charge in [-0.25, -0.2) is 9.18 Å². The first-order valence-electron chi connectivity index (χ1n) is 8.23. The Kier molecular flexibility index (Phi) is 4.47. The van der Waals surface area contributed by atoms with Gasteiger partial charge in [0.15, 0.2) is 0 Å². The average molecular weight is 348 g/mol. The molecule has 3 rings (SSSR count). The topological polar surface area (TPSA) is 81.8 Å². The van der Waals surface area contributed by atoms with Gasteiger partial charge in [-0.3, -0.25) is 14.5 Å². The highest BCUT2D eigenvalue weighted by atomic mass is 19.1. The predicted molar refractivity (Wildman–Crippen MR) is 88.0 cm³/mol. The molecule has 2 aliphatic rings. The van der Waals surface area contributed by atoms with Crippen molar-refractivity contribution in [2.45, 2.75) is 25.4 Å². The van der Waals surface area contributed by atoms with Crippen LogP contribution in [0.2, 0.25) is 0 Å². The van der Waals surface area contributed by atoms with Crippen LogP contribution in [0.1, 0.15) is 19.4 Å². The van der Waals surface area contributed by atoms with Crippen molar-refractivity contribution in [3.63, 3.8) is 0 Å². The van der Waals surface area contributed by atoms with Crippen molar-refractivity contribution >= 4 is 17.8 Å². The molecule has 2 saturated heterocycles. The number of carbonyl (C=O) groups excluding carboxylic acids is 3. The van der Waals surface area contributed by atoms with E-state index in [0.717, 1.165) is 4.90 Å². The standard InChI is InChI=1S/C17H21FN4O3/c1-11-9-19-7-8-21(11)14(23)10-22-15(24)17(2,20-16(22)25)12-3-5-13(18)6-4-12/h3-6,11,19H,7-10H2,1-2H3,(H,20,25). The number of hydrogen-bond acceptors (Lipinski definition) is 4. The zero-order chi connectivity index (χ0) is 18.2. The minimum atomic E-state index is -1.31. The second-order valence-corrected chi connectivity index (χ2v) is 6.59. The minimum Gasteiger partial charge on any atom is -0.336 e. The van der Waals surface area contributed by atoms with Gasteiger partial charge < -0.3 is 15.5 Å².